The summed E-state index contributed by atoms with van der Waals surface area (Å²) in [4.78, 5) is 4.44. The molecule has 1 rings (SSSR count). The Hall–Kier alpha value is -1.63. The first kappa shape index (κ1) is 22.4. The number of hydrogen-bond donors (Lipinski definition) is 0. The number of hydrogen-bond acceptors (Lipinski definition) is 2. The molecule has 0 amide bonds. The van der Waals surface area contributed by atoms with Crippen LogP contribution in [-0.2, 0) is 6.18 Å². The van der Waals surface area contributed by atoms with E-state index in [0.29, 0.717) is 18.8 Å². The molecule has 0 bridgehead atoms. The van der Waals surface area contributed by atoms with E-state index in [-0.39, 0.29) is 0 Å². The third-order valence-electron chi connectivity index (χ3n) is 2.52. The van der Waals surface area contributed by atoms with Crippen LogP contribution in [-0.4, -0.2) is 27.3 Å². The van der Waals surface area contributed by atoms with E-state index >= 15 is 0 Å². The van der Waals surface area contributed by atoms with Gasteiger partial charge in [-0.25, -0.2) is 0 Å². The molecule has 0 radical (unpaired) electrons. The molecule has 0 aliphatic heterocycles. The van der Waals surface area contributed by atoms with Crippen LogP contribution >= 0.6 is 0 Å². The predicted molar refractivity (Wildman–Crippen MR) is 72.2 cm³/mol. The van der Waals surface area contributed by atoms with Crippen molar-refractivity contribution < 1.29 is 34.0 Å². The number of rotatable bonds is 3. The molecule has 0 fully saturated rings. The van der Waals surface area contributed by atoms with Crippen LogP contribution in [0.15, 0.2) is 18.2 Å². The number of diazo groups is 1. The third-order valence-corrected chi connectivity index (χ3v) is 2.52. The van der Waals surface area contributed by atoms with Gasteiger partial charge >= 0.3 is 46.8 Å². The zero-order valence-electron chi connectivity index (χ0n) is 12.3. The van der Waals surface area contributed by atoms with E-state index < -0.39 is 31.6 Å². The normalized spacial score (nSPS) is 14.6. The van der Waals surface area contributed by atoms with Gasteiger partial charge in [0.2, 0.25) is 5.39 Å². The molecule has 0 atom stereocenters. The molecule has 3 nitrogen and oxygen atoms in total. The van der Waals surface area contributed by atoms with Gasteiger partial charge in [-0.15, -0.1) is 0 Å². The van der Waals surface area contributed by atoms with Crippen molar-refractivity contribution in [2.24, 2.45) is 0 Å². The number of benzene rings is 1. The first-order valence-corrected chi connectivity index (χ1v) is 10.5. The molecular weight excluding hydrogens is 420 g/mol. The first-order valence-electron chi connectivity index (χ1n) is 6.26. The Bertz CT molecular complexity index is 601. The fraction of sp³-hybridized carbons (Fsp3) is 0.455. The van der Waals surface area contributed by atoms with Crippen molar-refractivity contribution >= 4 is 25.5 Å². The predicted octanol–water partition coefficient (Wildman–Crippen LogP) is 6.18. The fourth-order valence-corrected chi connectivity index (χ4v) is 1.62. The number of nitrogens with zero attached hydrogens (tertiary/aromatic N) is 3. The van der Waals surface area contributed by atoms with Gasteiger partial charge in [0, 0.05) is 24.8 Å². The summed E-state index contributed by atoms with van der Waals surface area (Å²) in [7, 11) is 0. The van der Waals surface area contributed by atoms with Gasteiger partial charge in [0.25, 0.3) is 0 Å². The van der Waals surface area contributed by atoms with Gasteiger partial charge in [0.1, 0.15) is 0 Å². The van der Waals surface area contributed by atoms with Gasteiger partial charge < -0.3 is 4.90 Å². The van der Waals surface area contributed by atoms with Crippen molar-refractivity contribution in [1.29, 1.82) is 5.39 Å². The standard InChI is InChI=1S/C11H13F3N3.AsF6/c1-3-17(4-2)8-5-6-10(16-15)9(7-8)11(12,13)14;2-1(3,4,5,6)7/h5-7H,3-4H2,1-2H3;/q+1;-1. The zero-order chi connectivity index (χ0) is 19.5. The second-order valence-corrected chi connectivity index (χ2v) is 8.45. The minimum atomic E-state index is -11.1. The van der Waals surface area contributed by atoms with Crippen LogP contribution < -0.4 is 4.90 Å². The molecule has 0 saturated heterocycles. The van der Waals surface area contributed by atoms with Crippen LogP contribution in [0.2, 0.25) is 0 Å². The van der Waals surface area contributed by atoms with E-state index in [4.69, 9.17) is 5.39 Å². The van der Waals surface area contributed by atoms with Crippen molar-refractivity contribution in [3.63, 3.8) is 0 Å². The molecule has 0 aliphatic rings. The van der Waals surface area contributed by atoms with Crippen LogP contribution in [0.25, 0.3) is 4.98 Å². The Kier molecular flexibility index (Phi) is 5.92. The summed E-state index contributed by atoms with van der Waals surface area (Å²) >= 11 is -11.1. The molecule has 0 saturated carbocycles. The molecular formula is C11H13AsF9N3. The number of alkyl halides is 3. The molecule has 0 N–H and O–H groups in total. The maximum absolute atomic E-state index is 12.7. The van der Waals surface area contributed by atoms with Crippen LogP contribution in [0, 0.1) is 5.39 Å². The number of halogens is 9. The van der Waals surface area contributed by atoms with Crippen LogP contribution in [0.1, 0.15) is 19.4 Å². The van der Waals surface area contributed by atoms with Crippen molar-refractivity contribution in [3.05, 3.63) is 28.7 Å². The topological polar surface area (TPSA) is 31.4 Å². The zero-order valence-corrected chi connectivity index (χ0v) is 14.2. The minimum absolute atomic E-state index is 0.464. The van der Waals surface area contributed by atoms with Gasteiger partial charge in [0.15, 0.2) is 10.5 Å². The molecule has 24 heavy (non-hydrogen) atoms. The summed E-state index contributed by atoms with van der Waals surface area (Å²) in [6, 6.07) is 3.68. The van der Waals surface area contributed by atoms with Gasteiger partial charge in [0.05, 0.1) is 0 Å². The average Bonchev–Trinajstić information content (AvgIpc) is 2.35. The molecule has 0 aromatic heterocycles. The van der Waals surface area contributed by atoms with Crippen LogP contribution in [0.4, 0.5) is 45.3 Å². The Balaban J connectivity index is 0.000000640. The van der Waals surface area contributed by atoms with Crippen molar-refractivity contribution in [2.45, 2.75) is 20.0 Å². The van der Waals surface area contributed by atoms with E-state index in [1.54, 1.807) is 4.90 Å². The summed E-state index contributed by atoms with van der Waals surface area (Å²) < 4.78 is 97.5. The van der Waals surface area contributed by atoms with E-state index in [1.165, 1.54) is 6.07 Å². The van der Waals surface area contributed by atoms with Gasteiger partial charge in [-0.2, -0.15) is 13.2 Å². The Morgan fingerprint density at radius 2 is 1.42 bits per heavy atom. The van der Waals surface area contributed by atoms with Crippen molar-refractivity contribution in [1.82, 2.24) is 0 Å². The monoisotopic (exact) mass is 433 g/mol. The summed E-state index contributed by atoms with van der Waals surface area (Å²) in [5, 5.41) is 8.54. The molecule has 0 unspecified atom stereocenters. The van der Waals surface area contributed by atoms with Crippen LogP contribution in [0.3, 0.4) is 0 Å². The SMILES string of the molecule is CCN(CC)c1ccc([N+]#N)c(C(F)(F)F)c1.F[As-](F)(F)(F)(F)F. The molecule has 0 heterocycles. The first-order chi connectivity index (χ1) is 10.4. The molecule has 140 valence electrons. The van der Waals surface area contributed by atoms with Crippen LogP contribution in [0.5, 0.6) is 0 Å². The Morgan fingerprint density at radius 1 is 1.00 bits per heavy atom. The Morgan fingerprint density at radius 3 is 1.71 bits per heavy atom. The third kappa shape index (κ3) is 10.2. The van der Waals surface area contributed by atoms with Gasteiger partial charge in [-0.3, -0.25) is 0 Å². The van der Waals surface area contributed by atoms with Gasteiger partial charge in [-0.1, -0.05) is 0 Å². The molecule has 1 aromatic rings. The number of anilines is 1. The maximum atomic E-state index is 12.7. The quantitative estimate of drug-likeness (QED) is 0.324. The summed E-state index contributed by atoms with van der Waals surface area (Å²) in [5.74, 6) is 0. The second-order valence-electron chi connectivity index (χ2n) is 4.43. The van der Waals surface area contributed by atoms with Crippen molar-refractivity contribution in [2.75, 3.05) is 18.0 Å². The summed E-state index contributed by atoms with van der Waals surface area (Å²) in [6.45, 7) is 4.95. The molecule has 13 heteroatoms. The van der Waals surface area contributed by atoms with E-state index in [0.717, 1.165) is 12.1 Å². The van der Waals surface area contributed by atoms with E-state index in [1.807, 2.05) is 13.8 Å². The van der Waals surface area contributed by atoms with E-state index in [2.05, 4.69) is 4.98 Å². The molecule has 1 aromatic carbocycles. The molecule has 0 aliphatic carbocycles. The Labute approximate surface area is 132 Å². The molecule has 0 spiro atoms. The summed E-state index contributed by atoms with van der Waals surface area (Å²) in [6.07, 6.45) is -4.52. The van der Waals surface area contributed by atoms with E-state index in [9.17, 15) is 34.0 Å². The van der Waals surface area contributed by atoms with Crippen molar-refractivity contribution in [3.8, 4) is 0 Å². The van der Waals surface area contributed by atoms with Gasteiger partial charge in [-0.05, 0) is 26.0 Å². The summed E-state index contributed by atoms with van der Waals surface area (Å²) in [5.41, 5.74) is -0.924. The fourth-order valence-electron chi connectivity index (χ4n) is 1.62. The second kappa shape index (κ2) is 6.35. The average molecular weight is 433 g/mol.